The van der Waals surface area contributed by atoms with Crippen LogP contribution in [-0.4, -0.2) is 38.4 Å². The predicted octanol–water partition coefficient (Wildman–Crippen LogP) is 4.89. The van der Waals surface area contributed by atoms with Crippen LogP contribution in [0.4, 0.5) is 4.79 Å². The minimum atomic E-state index is -0.885. The van der Waals surface area contributed by atoms with E-state index in [2.05, 4.69) is 12.1 Å². The van der Waals surface area contributed by atoms with Crippen molar-refractivity contribution >= 4 is 50.8 Å². The Labute approximate surface area is 183 Å². The molecule has 1 saturated heterocycles. The SMILES string of the molecule is O=C1S/C(=C\c2ccccc2)C(=O)N1C[C@H](O)Cn1c2ccccc2c2ccccc21. The van der Waals surface area contributed by atoms with Crippen LogP contribution in [0, 0.1) is 0 Å². The van der Waals surface area contributed by atoms with Gasteiger partial charge in [0.15, 0.2) is 0 Å². The highest BCUT2D eigenvalue weighted by molar-refractivity contribution is 8.18. The molecule has 2 amide bonds. The molecule has 1 aromatic heterocycles. The van der Waals surface area contributed by atoms with Gasteiger partial charge in [-0.2, -0.15) is 0 Å². The first-order valence-electron chi connectivity index (χ1n) is 10.1. The van der Waals surface area contributed by atoms with E-state index in [0.29, 0.717) is 4.91 Å². The number of carbonyl (C=O) groups is 2. The molecule has 1 atom stereocenters. The fourth-order valence-electron chi connectivity index (χ4n) is 4.04. The third-order valence-corrected chi connectivity index (χ3v) is 6.34. The fourth-order valence-corrected chi connectivity index (χ4v) is 4.89. The lowest BCUT2D eigenvalue weighted by Crippen LogP contribution is -2.37. The second kappa shape index (κ2) is 8.06. The van der Waals surface area contributed by atoms with Crippen molar-refractivity contribution in [2.45, 2.75) is 12.6 Å². The number of thioether (sulfide) groups is 1. The third-order valence-electron chi connectivity index (χ3n) is 5.44. The summed E-state index contributed by atoms with van der Waals surface area (Å²) in [5.74, 6) is -0.361. The van der Waals surface area contributed by atoms with Crippen LogP contribution in [0.25, 0.3) is 27.9 Å². The number of nitrogens with zero attached hydrogens (tertiary/aromatic N) is 2. The number of imide groups is 1. The maximum atomic E-state index is 12.8. The summed E-state index contributed by atoms with van der Waals surface area (Å²) >= 11 is 0.912. The van der Waals surface area contributed by atoms with E-state index in [4.69, 9.17) is 0 Å². The number of para-hydroxylation sites is 2. The van der Waals surface area contributed by atoms with Crippen molar-refractivity contribution in [3.63, 3.8) is 0 Å². The molecule has 0 saturated carbocycles. The van der Waals surface area contributed by atoms with Crippen LogP contribution < -0.4 is 0 Å². The van der Waals surface area contributed by atoms with Gasteiger partial charge in [0.2, 0.25) is 0 Å². The monoisotopic (exact) mass is 428 g/mol. The molecule has 0 radical (unpaired) electrons. The average Bonchev–Trinajstić information content (AvgIpc) is 3.24. The van der Waals surface area contributed by atoms with Crippen LogP contribution in [-0.2, 0) is 11.3 Å². The Bertz CT molecular complexity index is 1270. The van der Waals surface area contributed by atoms with E-state index >= 15 is 0 Å². The number of benzene rings is 3. The van der Waals surface area contributed by atoms with Crippen LogP contribution in [0.5, 0.6) is 0 Å². The molecular weight excluding hydrogens is 408 g/mol. The number of hydrogen-bond donors (Lipinski definition) is 1. The molecule has 5 nitrogen and oxygen atoms in total. The Morgan fingerprint density at radius 1 is 0.806 bits per heavy atom. The van der Waals surface area contributed by atoms with Crippen LogP contribution >= 0.6 is 11.8 Å². The van der Waals surface area contributed by atoms with Crippen molar-refractivity contribution in [1.82, 2.24) is 9.47 Å². The van der Waals surface area contributed by atoms with Gasteiger partial charge in [-0.15, -0.1) is 0 Å². The molecule has 1 N–H and O–H groups in total. The van der Waals surface area contributed by atoms with Gasteiger partial charge in [0.05, 0.1) is 24.1 Å². The van der Waals surface area contributed by atoms with Crippen molar-refractivity contribution < 1.29 is 14.7 Å². The quantitative estimate of drug-likeness (QED) is 0.460. The molecule has 4 aromatic rings. The highest BCUT2D eigenvalue weighted by Gasteiger charge is 2.36. The molecular formula is C25H20N2O3S. The number of β-amino-alcohol motifs (C(OH)–C–C–N with tert-alkyl or cyclic N) is 1. The smallest absolute Gasteiger partial charge is 0.293 e. The van der Waals surface area contributed by atoms with E-state index in [9.17, 15) is 14.7 Å². The summed E-state index contributed by atoms with van der Waals surface area (Å²) in [5, 5.41) is 12.7. The molecule has 0 aliphatic carbocycles. The van der Waals surface area contributed by atoms with E-state index in [1.807, 2.05) is 71.3 Å². The van der Waals surface area contributed by atoms with E-state index < -0.39 is 6.10 Å². The highest BCUT2D eigenvalue weighted by atomic mass is 32.2. The Balaban J connectivity index is 1.39. The molecule has 1 fully saturated rings. The average molecular weight is 429 g/mol. The Kier molecular flexibility index (Phi) is 5.10. The Hall–Kier alpha value is -3.35. The van der Waals surface area contributed by atoms with Gasteiger partial charge in [0.25, 0.3) is 11.1 Å². The van der Waals surface area contributed by atoms with Crippen LogP contribution in [0.15, 0.2) is 83.8 Å². The van der Waals surface area contributed by atoms with Gasteiger partial charge < -0.3 is 9.67 Å². The fraction of sp³-hybridized carbons (Fsp3) is 0.120. The van der Waals surface area contributed by atoms with Crippen molar-refractivity contribution in [3.8, 4) is 0 Å². The molecule has 3 aromatic carbocycles. The van der Waals surface area contributed by atoms with Crippen molar-refractivity contribution in [3.05, 3.63) is 89.3 Å². The third kappa shape index (κ3) is 3.65. The van der Waals surface area contributed by atoms with Crippen LogP contribution in [0.1, 0.15) is 5.56 Å². The first-order chi connectivity index (χ1) is 15.1. The van der Waals surface area contributed by atoms with Gasteiger partial charge in [0.1, 0.15) is 0 Å². The zero-order valence-corrected chi connectivity index (χ0v) is 17.5. The lowest BCUT2D eigenvalue weighted by Gasteiger charge is -2.19. The maximum absolute atomic E-state index is 12.8. The van der Waals surface area contributed by atoms with E-state index in [1.165, 1.54) is 0 Å². The van der Waals surface area contributed by atoms with Gasteiger partial charge in [0, 0.05) is 21.8 Å². The Morgan fingerprint density at radius 2 is 1.39 bits per heavy atom. The number of amides is 2. The maximum Gasteiger partial charge on any atom is 0.293 e. The first-order valence-corrected chi connectivity index (χ1v) is 10.9. The number of rotatable bonds is 5. The minimum Gasteiger partial charge on any atom is -0.389 e. The first kappa shape index (κ1) is 19.6. The number of aliphatic hydroxyl groups excluding tert-OH is 1. The molecule has 1 aliphatic rings. The highest BCUT2D eigenvalue weighted by Crippen LogP contribution is 2.33. The van der Waals surface area contributed by atoms with Gasteiger partial charge >= 0.3 is 0 Å². The zero-order valence-electron chi connectivity index (χ0n) is 16.6. The normalized spacial score (nSPS) is 16.7. The number of fused-ring (bicyclic) bond motifs is 3. The summed E-state index contributed by atoms with van der Waals surface area (Å²) < 4.78 is 2.05. The summed E-state index contributed by atoms with van der Waals surface area (Å²) in [6, 6.07) is 25.5. The lowest BCUT2D eigenvalue weighted by atomic mass is 10.2. The molecule has 0 unspecified atom stereocenters. The summed E-state index contributed by atoms with van der Waals surface area (Å²) in [4.78, 5) is 26.8. The number of aliphatic hydroxyl groups is 1. The molecule has 0 spiro atoms. The van der Waals surface area contributed by atoms with E-state index in [1.54, 1.807) is 6.08 Å². The summed E-state index contributed by atoms with van der Waals surface area (Å²) in [6.07, 6.45) is 0.827. The second-order valence-corrected chi connectivity index (χ2v) is 8.49. The molecule has 5 rings (SSSR count). The standard InChI is InChI=1S/C25H20N2O3S/c28-18(15-26-21-12-6-4-10-19(21)20-11-5-7-13-22(20)26)16-27-24(29)23(31-25(27)30)14-17-8-2-1-3-9-17/h1-14,18,28H,15-16H2/b23-14-/t18-/m1/s1. The lowest BCUT2D eigenvalue weighted by molar-refractivity contribution is -0.123. The molecule has 0 bridgehead atoms. The minimum absolute atomic E-state index is 0.0440. The van der Waals surface area contributed by atoms with Crippen molar-refractivity contribution in [1.29, 1.82) is 0 Å². The Morgan fingerprint density at radius 3 is 2.03 bits per heavy atom. The molecule has 154 valence electrons. The van der Waals surface area contributed by atoms with Crippen molar-refractivity contribution in [2.75, 3.05) is 6.54 Å². The summed E-state index contributed by atoms with van der Waals surface area (Å²) in [7, 11) is 0. The summed E-state index contributed by atoms with van der Waals surface area (Å²) in [6.45, 7) is 0.241. The van der Waals surface area contributed by atoms with Gasteiger partial charge in [-0.25, -0.2) is 0 Å². The van der Waals surface area contributed by atoms with Gasteiger partial charge in [-0.05, 0) is 35.5 Å². The van der Waals surface area contributed by atoms with E-state index in [-0.39, 0.29) is 24.2 Å². The van der Waals surface area contributed by atoms with Crippen LogP contribution in [0.2, 0.25) is 0 Å². The second-order valence-electron chi connectivity index (χ2n) is 7.50. The van der Waals surface area contributed by atoms with Crippen molar-refractivity contribution in [2.24, 2.45) is 0 Å². The molecule has 31 heavy (non-hydrogen) atoms. The van der Waals surface area contributed by atoms with Crippen LogP contribution in [0.3, 0.4) is 0 Å². The molecule has 2 heterocycles. The summed E-state index contributed by atoms with van der Waals surface area (Å²) in [5.41, 5.74) is 2.89. The largest absolute Gasteiger partial charge is 0.389 e. The van der Waals surface area contributed by atoms with Gasteiger partial charge in [-0.1, -0.05) is 66.7 Å². The van der Waals surface area contributed by atoms with E-state index in [0.717, 1.165) is 44.0 Å². The number of carbonyl (C=O) groups excluding carboxylic acids is 2. The topological polar surface area (TPSA) is 62.5 Å². The number of aromatic nitrogens is 1. The number of hydrogen-bond acceptors (Lipinski definition) is 4. The van der Waals surface area contributed by atoms with Gasteiger partial charge in [-0.3, -0.25) is 14.5 Å². The molecule has 6 heteroatoms. The predicted molar refractivity (Wildman–Crippen MR) is 125 cm³/mol. The molecule has 1 aliphatic heterocycles. The zero-order chi connectivity index (χ0) is 21.4.